The van der Waals surface area contributed by atoms with Crippen LogP contribution in [0.2, 0.25) is 0 Å². The van der Waals surface area contributed by atoms with Crippen LogP contribution in [0.15, 0.2) is 18.2 Å². The Balaban J connectivity index is 1.95. The number of amides is 1. The topological polar surface area (TPSA) is 68.3 Å². The third-order valence-corrected chi connectivity index (χ3v) is 5.87. The highest BCUT2D eigenvalue weighted by Gasteiger charge is 2.33. The maximum absolute atomic E-state index is 12.7. The maximum atomic E-state index is 12.7. The van der Waals surface area contributed by atoms with Gasteiger partial charge in [-0.05, 0) is 33.3 Å². The molecule has 0 unspecified atom stereocenters. The number of benzene rings is 1. The molecule has 1 aliphatic heterocycles. The summed E-state index contributed by atoms with van der Waals surface area (Å²) in [7, 11) is 1.67. The highest BCUT2D eigenvalue weighted by Crippen LogP contribution is 2.42. The van der Waals surface area contributed by atoms with Crippen molar-refractivity contribution in [1.82, 2.24) is 8.61 Å². The number of esters is 1. The molecule has 8 heteroatoms. The third-order valence-electron chi connectivity index (χ3n) is 4.88. The second-order valence-corrected chi connectivity index (χ2v) is 9.50. The molecule has 7 nitrogen and oxygen atoms in total. The number of carbonyl (C=O) groups excluding carboxylic acids is 2. The van der Waals surface area contributed by atoms with E-state index < -0.39 is 6.09 Å². The van der Waals surface area contributed by atoms with Crippen molar-refractivity contribution in [2.45, 2.75) is 71.8 Å². The molecule has 0 aromatic heterocycles. The number of carbonyl (C=O) groups is 2. The molecule has 174 valence electrons. The van der Waals surface area contributed by atoms with E-state index in [0.717, 1.165) is 37.8 Å². The number of ether oxygens (including phenoxy) is 3. The maximum Gasteiger partial charge on any atom is 0.426 e. The van der Waals surface area contributed by atoms with Crippen molar-refractivity contribution in [2.75, 3.05) is 26.7 Å². The summed E-state index contributed by atoms with van der Waals surface area (Å²) < 4.78 is 20.1. The van der Waals surface area contributed by atoms with E-state index >= 15 is 0 Å². The smallest absolute Gasteiger partial charge is 0.426 e. The fraction of sp³-hybridized carbons (Fsp3) is 0.652. The van der Waals surface area contributed by atoms with Gasteiger partial charge in [0.15, 0.2) is 11.5 Å². The van der Waals surface area contributed by atoms with Crippen molar-refractivity contribution >= 4 is 24.2 Å². The van der Waals surface area contributed by atoms with Crippen LogP contribution in [0.25, 0.3) is 0 Å². The largest absolute Gasteiger partial charge is 0.483 e. The van der Waals surface area contributed by atoms with Crippen molar-refractivity contribution in [3.8, 4) is 11.5 Å². The SMILES string of the molecule is CCCCCCN(CCC(=O)OCC)SN(C)C(=O)Oc1cccc2c1OC(C)(C)C2. The molecule has 1 aliphatic rings. The van der Waals surface area contributed by atoms with Gasteiger partial charge in [0.05, 0.1) is 13.0 Å². The number of para-hydroxylation sites is 1. The first-order valence-electron chi connectivity index (χ1n) is 11.1. The summed E-state index contributed by atoms with van der Waals surface area (Å²) >= 11 is 1.27. The van der Waals surface area contributed by atoms with Crippen molar-refractivity contribution in [1.29, 1.82) is 0 Å². The number of unbranched alkanes of at least 4 members (excludes halogenated alkanes) is 3. The van der Waals surface area contributed by atoms with Gasteiger partial charge in [0, 0.05) is 44.3 Å². The van der Waals surface area contributed by atoms with Crippen LogP contribution in [0.4, 0.5) is 4.79 Å². The Morgan fingerprint density at radius 1 is 1.16 bits per heavy atom. The molecule has 0 saturated heterocycles. The molecule has 0 atom stereocenters. The first-order valence-corrected chi connectivity index (χ1v) is 11.8. The second-order valence-electron chi connectivity index (χ2n) is 8.27. The molecule has 0 aliphatic carbocycles. The highest BCUT2D eigenvalue weighted by atomic mass is 32.2. The normalized spacial score (nSPS) is 14.1. The Bertz CT molecular complexity index is 741. The molecule has 0 fully saturated rings. The molecule has 31 heavy (non-hydrogen) atoms. The predicted molar refractivity (Wildman–Crippen MR) is 123 cm³/mol. The summed E-state index contributed by atoms with van der Waals surface area (Å²) in [5.74, 6) is 0.839. The summed E-state index contributed by atoms with van der Waals surface area (Å²) in [6.07, 6.45) is 5.02. The molecule has 1 aromatic carbocycles. The molecular weight excluding hydrogens is 416 g/mol. The van der Waals surface area contributed by atoms with Gasteiger partial charge in [0.1, 0.15) is 5.60 Å². The van der Waals surface area contributed by atoms with Gasteiger partial charge in [-0.2, -0.15) is 0 Å². The number of fused-ring (bicyclic) bond motifs is 1. The first kappa shape index (κ1) is 25.3. The Hall–Kier alpha value is -1.93. The van der Waals surface area contributed by atoms with E-state index in [1.165, 1.54) is 22.9 Å². The first-order chi connectivity index (χ1) is 14.8. The van der Waals surface area contributed by atoms with Crippen LogP contribution in [-0.4, -0.2) is 53.0 Å². The van der Waals surface area contributed by atoms with Gasteiger partial charge in [0.25, 0.3) is 0 Å². The Morgan fingerprint density at radius 3 is 2.65 bits per heavy atom. The lowest BCUT2D eigenvalue weighted by atomic mass is 10.0. The van der Waals surface area contributed by atoms with E-state index in [9.17, 15) is 9.59 Å². The fourth-order valence-electron chi connectivity index (χ4n) is 3.39. The number of hydrogen-bond donors (Lipinski definition) is 0. The standard InChI is InChI=1S/C23H36N2O5S/c1-6-8-9-10-15-25(16-14-20(26)28-7-2)31-24(5)22(27)29-19-13-11-12-18-17-23(3,4)30-21(18)19/h11-13H,6-10,14-17H2,1-5H3. The van der Waals surface area contributed by atoms with Gasteiger partial charge < -0.3 is 14.2 Å². The number of nitrogens with zero attached hydrogens (tertiary/aromatic N) is 2. The van der Waals surface area contributed by atoms with Crippen LogP contribution < -0.4 is 9.47 Å². The lowest BCUT2D eigenvalue weighted by molar-refractivity contribution is -0.143. The van der Waals surface area contributed by atoms with E-state index in [1.54, 1.807) is 20.0 Å². The van der Waals surface area contributed by atoms with E-state index in [1.807, 2.05) is 30.3 Å². The molecule has 0 saturated carbocycles. The molecule has 0 N–H and O–H groups in total. The quantitative estimate of drug-likeness (QED) is 0.244. The van der Waals surface area contributed by atoms with Gasteiger partial charge in [0.2, 0.25) is 0 Å². The molecule has 0 radical (unpaired) electrons. The van der Waals surface area contributed by atoms with Gasteiger partial charge in [-0.15, -0.1) is 0 Å². The summed E-state index contributed by atoms with van der Waals surface area (Å²) in [4.78, 5) is 24.5. The van der Waals surface area contributed by atoms with Gasteiger partial charge >= 0.3 is 12.1 Å². The van der Waals surface area contributed by atoms with E-state index in [-0.39, 0.29) is 18.0 Å². The van der Waals surface area contributed by atoms with Crippen molar-refractivity contribution in [2.24, 2.45) is 0 Å². The summed E-state index contributed by atoms with van der Waals surface area (Å²) in [5.41, 5.74) is 0.728. The van der Waals surface area contributed by atoms with E-state index in [4.69, 9.17) is 14.2 Å². The molecule has 1 heterocycles. The van der Waals surface area contributed by atoms with E-state index in [2.05, 4.69) is 6.92 Å². The summed E-state index contributed by atoms with van der Waals surface area (Å²) in [5, 5.41) is 0. The molecule has 0 spiro atoms. The second kappa shape index (κ2) is 12.2. The minimum absolute atomic E-state index is 0.230. The Kier molecular flexibility index (Phi) is 9.96. The van der Waals surface area contributed by atoms with Gasteiger partial charge in [-0.1, -0.05) is 38.3 Å². The van der Waals surface area contributed by atoms with Crippen LogP contribution in [0.1, 0.15) is 65.4 Å². The van der Waals surface area contributed by atoms with Crippen LogP contribution in [0, 0.1) is 0 Å². The Morgan fingerprint density at radius 2 is 1.94 bits per heavy atom. The zero-order valence-electron chi connectivity index (χ0n) is 19.4. The van der Waals surface area contributed by atoms with Crippen LogP contribution in [-0.2, 0) is 16.0 Å². The summed E-state index contributed by atoms with van der Waals surface area (Å²) in [6, 6.07) is 5.62. The molecular formula is C23H36N2O5S. The average molecular weight is 453 g/mol. The van der Waals surface area contributed by atoms with Gasteiger partial charge in [-0.25, -0.2) is 13.4 Å². The average Bonchev–Trinajstić information content (AvgIpc) is 3.04. The van der Waals surface area contributed by atoms with Crippen LogP contribution in [0.5, 0.6) is 11.5 Å². The number of hydrogen-bond acceptors (Lipinski definition) is 7. The van der Waals surface area contributed by atoms with Crippen molar-refractivity contribution in [3.63, 3.8) is 0 Å². The number of rotatable bonds is 12. The third kappa shape index (κ3) is 8.26. The molecule has 1 amide bonds. The predicted octanol–water partition coefficient (Wildman–Crippen LogP) is 5.23. The Labute approximate surface area is 190 Å². The van der Waals surface area contributed by atoms with Crippen LogP contribution in [0.3, 0.4) is 0 Å². The highest BCUT2D eigenvalue weighted by molar-refractivity contribution is 7.95. The van der Waals surface area contributed by atoms with Crippen LogP contribution >= 0.6 is 12.1 Å². The monoisotopic (exact) mass is 452 g/mol. The lowest BCUT2D eigenvalue weighted by Crippen LogP contribution is -2.31. The zero-order chi connectivity index (χ0) is 22.9. The van der Waals surface area contributed by atoms with E-state index in [0.29, 0.717) is 24.7 Å². The van der Waals surface area contributed by atoms with Crippen molar-refractivity contribution in [3.05, 3.63) is 23.8 Å². The van der Waals surface area contributed by atoms with Crippen molar-refractivity contribution < 1.29 is 23.8 Å². The lowest BCUT2D eigenvalue weighted by Gasteiger charge is -2.25. The fourth-order valence-corrected chi connectivity index (χ4v) is 4.22. The zero-order valence-corrected chi connectivity index (χ0v) is 20.3. The molecule has 1 aromatic rings. The van der Waals surface area contributed by atoms with Gasteiger partial charge in [-0.3, -0.25) is 4.79 Å². The minimum atomic E-state index is -0.485. The summed E-state index contributed by atoms with van der Waals surface area (Å²) in [6.45, 7) is 9.65. The molecule has 2 rings (SSSR count). The minimum Gasteiger partial charge on any atom is -0.483 e. The molecule has 0 bridgehead atoms.